The molecule has 2 rings (SSSR count). The number of hydrogen-bond acceptors (Lipinski definition) is 2. The summed E-state index contributed by atoms with van der Waals surface area (Å²) in [5, 5.41) is 8.07. The molecule has 0 aliphatic carbocycles. The number of unbranched alkanes of at least 4 members (excludes halogenated alkanes) is 1. The molecule has 92 valence electrons. The lowest BCUT2D eigenvalue weighted by atomic mass is 10.1. The maximum absolute atomic E-state index is 8.07. The minimum Gasteiger partial charge on any atom is -0.380 e. The van der Waals surface area contributed by atoms with Crippen molar-refractivity contribution in [1.29, 1.82) is 5.41 Å². The van der Waals surface area contributed by atoms with Crippen LogP contribution in [0.25, 0.3) is 0 Å². The van der Waals surface area contributed by atoms with E-state index in [0.717, 1.165) is 38.3 Å². The molecular formula is C14H20N2O. The van der Waals surface area contributed by atoms with Crippen molar-refractivity contribution in [3.63, 3.8) is 0 Å². The molecule has 0 aromatic heterocycles. The molecule has 3 heteroatoms. The molecule has 0 fully saturated rings. The Labute approximate surface area is 103 Å². The molecule has 0 saturated heterocycles. The van der Waals surface area contributed by atoms with Gasteiger partial charge in [-0.15, -0.1) is 0 Å². The third kappa shape index (κ3) is 2.86. The van der Waals surface area contributed by atoms with E-state index in [-0.39, 0.29) is 0 Å². The molecule has 17 heavy (non-hydrogen) atoms. The van der Waals surface area contributed by atoms with E-state index in [9.17, 15) is 0 Å². The van der Waals surface area contributed by atoms with Crippen molar-refractivity contribution in [3.8, 4) is 0 Å². The Bertz CT molecular complexity index is 390. The van der Waals surface area contributed by atoms with Crippen LogP contribution in [0.1, 0.15) is 30.9 Å². The monoisotopic (exact) mass is 232 g/mol. The summed E-state index contributed by atoms with van der Waals surface area (Å²) in [5.41, 5.74) is 2.33. The van der Waals surface area contributed by atoms with Gasteiger partial charge in [-0.05, 0) is 12.0 Å². The molecule has 1 aromatic carbocycles. The standard InChI is InChI=1S/C14H20N2O/c1-2-3-9-17-10-8-16-11-12-6-4-5-7-13(12)14(16)15/h4-7,15H,2-3,8-11H2,1H3. The normalized spacial score (nSPS) is 14.2. The average Bonchev–Trinajstić information content (AvgIpc) is 2.67. The summed E-state index contributed by atoms with van der Waals surface area (Å²) in [6.07, 6.45) is 2.29. The maximum Gasteiger partial charge on any atom is 0.128 e. The number of rotatable bonds is 6. The van der Waals surface area contributed by atoms with Gasteiger partial charge in [0.25, 0.3) is 0 Å². The number of fused-ring (bicyclic) bond motifs is 1. The van der Waals surface area contributed by atoms with Crippen molar-refractivity contribution in [2.24, 2.45) is 0 Å². The molecule has 1 N–H and O–H groups in total. The van der Waals surface area contributed by atoms with Gasteiger partial charge >= 0.3 is 0 Å². The van der Waals surface area contributed by atoms with Crippen LogP contribution in [0.4, 0.5) is 0 Å². The van der Waals surface area contributed by atoms with Gasteiger partial charge in [0.15, 0.2) is 0 Å². The molecule has 1 heterocycles. The first-order valence-corrected chi connectivity index (χ1v) is 6.32. The molecule has 0 unspecified atom stereocenters. The SMILES string of the molecule is CCCCOCCN1Cc2ccccc2C1=N. The largest absolute Gasteiger partial charge is 0.380 e. The zero-order valence-electron chi connectivity index (χ0n) is 10.4. The molecule has 0 amide bonds. The number of benzene rings is 1. The van der Waals surface area contributed by atoms with E-state index in [2.05, 4.69) is 17.9 Å². The van der Waals surface area contributed by atoms with Crippen molar-refractivity contribution in [1.82, 2.24) is 4.90 Å². The lowest BCUT2D eigenvalue weighted by Gasteiger charge is -2.17. The third-order valence-corrected chi connectivity index (χ3v) is 3.10. The second-order valence-corrected chi connectivity index (χ2v) is 4.39. The lowest BCUT2D eigenvalue weighted by molar-refractivity contribution is 0.118. The Balaban J connectivity index is 1.80. The molecule has 1 aromatic rings. The van der Waals surface area contributed by atoms with E-state index in [1.165, 1.54) is 12.0 Å². The zero-order valence-corrected chi connectivity index (χ0v) is 10.4. The van der Waals surface area contributed by atoms with Crippen molar-refractivity contribution in [3.05, 3.63) is 35.4 Å². The minimum absolute atomic E-state index is 0.639. The number of ether oxygens (including phenoxy) is 1. The van der Waals surface area contributed by atoms with Gasteiger partial charge in [0.1, 0.15) is 5.84 Å². The molecule has 0 atom stereocenters. The Morgan fingerprint density at radius 3 is 2.88 bits per heavy atom. The Hall–Kier alpha value is -1.35. The molecule has 0 spiro atoms. The lowest BCUT2D eigenvalue weighted by Crippen LogP contribution is -2.28. The van der Waals surface area contributed by atoms with Gasteiger partial charge in [0.05, 0.1) is 6.61 Å². The van der Waals surface area contributed by atoms with E-state index < -0.39 is 0 Å². The number of amidine groups is 1. The first-order valence-electron chi connectivity index (χ1n) is 6.32. The minimum atomic E-state index is 0.639. The molecule has 0 bridgehead atoms. The van der Waals surface area contributed by atoms with Crippen molar-refractivity contribution < 1.29 is 4.74 Å². The van der Waals surface area contributed by atoms with Gasteiger partial charge in [-0.2, -0.15) is 0 Å². The first-order chi connectivity index (χ1) is 8.33. The van der Waals surface area contributed by atoms with E-state index in [1.807, 2.05) is 18.2 Å². The quantitative estimate of drug-likeness (QED) is 0.765. The highest BCUT2D eigenvalue weighted by Gasteiger charge is 2.22. The third-order valence-electron chi connectivity index (χ3n) is 3.10. The maximum atomic E-state index is 8.07. The van der Waals surface area contributed by atoms with Crippen molar-refractivity contribution in [2.45, 2.75) is 26.3 Å². The summed E-state index contributed by atoms with van der Waals surface area (Å²) in [6, 6.07) is 8.15. The molecule has 1 aliphatic rings. The fourth-order valence-corrected chi connectivity index (χ4v) is 2.06. The average molecular weight is 232 g/mol. The van der Waals surface area contributed by atoms with E-state index in [0.29, 0.717) is 5.84 Å². The van der Waals surface area contributed by atoms with Gasteiger partial charge in [-0.25, -0.2) is 0 Å². The number of nitrogens with zero attached hydrogens (tertiary/aromatic N) is 1. The molecular weight excluding hydrogens is 212 g/mol. The van der Waals surface area contributed by atoms with Crippen LogP contribution in [0.2, 0.25) is 0 Å². The second kappa shape index (κ2) is 5.82. The Morgan fingerprint density at radius 1 is 1.29 bits per heavy atom. The van der Waals surface area contributed by atoms with Crippen LogP contribution < -0.4 is 0 Å². The van der Waals surface area contributed by atoms with E-state index in [1.54, 1.807) is 0 Å². The van der Waals surface area contributed by atoms with Crippen LogP contribution in [0.3, 0.4) is 0 Å². The van der Waals surface area contributed by atoms with E-state index >= 15 is 0 Å². The fraction of sp³-hybridized carbons (Fsp3) is 0.500. The molecule has 0 saturated carbocycles. The summed E-state index contributed by atoms with van der Waals surface area (Å²) >= 11 is 0. The number of hydrogen-bond donors (Lipinski definition) is 1. The predicted octanol–water partition coefficient (Wildman–Crippen LogP) is 2.64. The Kier molecular flexibility index (Phi) is 4.15. The van der Waals surface area contributed by atoms with Crippen LogP contribution >= 0.6 is 0 Å². The van der Waals surface area contributed by atoms with Gasteiger partial charge in [-0.1, -0.05) is 37.6 Å². The van der Waals surface area contributed by atoms with E-state index in [4.69, 9.17) is 10.1 Å². The highest BCUT2D eigenvalue weighted by atomic mass is 16.5. The van der Waals surface area contributed by atoms with Gasteiger partial charge in [0, 0.05) is 25.3 Å². The summed E-state index contributed by atoms with van der Waals surface area (Å²) in [4.78, 5) is 2.08. The highest BCUT2D eigenvalue weighted by Crippen LogP contribution is 2.21. The number of nitrogens with one attached hydrogen (secondary N) is 1. The van der Waals surface area contributed by atoms with Gasteiger partial charge in [-0.3, -0.25) is 5.41 Å². The second-order valence-electron chi connectivity index (χ2n) is 4.39. The summed E-state index contributed by atoms with van der Waals surface area (Å²) in [7, 11) is 0. The van der Waals surface area contributed by atoms with Crippen LogP contribution in [-0.2, 0) is 11.3 Å². The molecule has 3 nitrogen and oxygen atoms in total. The summed E-state index contributed by atoms with van der Waals surface area (Å²) < 4.78 is 5.54. The molecule has 0 radical (unpaired) electrons. The van der Waals surface area contributed by atoms with Crippen LogP contribution in [0.15, 0.2) is 24.3 Å². The first kappa shape index (κ1) is 12.1. The zero-order chi connectivity index (χ0) is 12.1. The fourth-order valence-electron chi connectivity index (χ4n) is 2.06. The van der Waals surface area contributed by atoms with Gasteiger partial charge in [0.2, 0.25) is 0 Å². The van der Waals surface area contributed by atoms with Crippen LogP contribution in [0.5, 0.6) is 0 Å². The summed E-state index contributed by atoms with van der Waals surface area (Å²) in [6.45, 7) is 5.39. The molecule has 1 aliphatic heterocycles. The van der Waals surface area contributed by atoms with Crippen LogP contribution in [0, 0.1) is 5.41 Å². The van der Waals surface area contributed by atoms with Crippen molar-refractivity contribution in [2.75, 3.05) is 19.8 Å². The summed E-state index contributed by atoms with van der Waals surface area (Å²) in [5.74, 6) is 0.639. The van der Waals surface area contributed by atoms with Crippen LogP contribution in [-0.4, -0.2) is 30.5 Å². The predicted molar refractivity (Wildman–Crippen MR) is 69.4 cm³/mol. The van der Waals surface area contributed by atoms with Crippen molar-refractivity contribution >= 4 is 5.84 Å². The Morgan fingerprint density at radius 2 is 2.12 bits per heavy atom. The smallest absolute Gasteiger partial charge is 0.128 e. The highest BCUT2D eigenvalue weighted by molar-refractivity contribution is 6.00. The topological polar surface area (TPSA) is 36.3 Å². The van der Waals surface area contributed by atoms with Gasteiger partial charge < -0.3 is 9.64 Å².